The van der Waals surface area contributed by atoms with E-state index in [4.69, 9.17) is 13.9 Å². The number of rotatable bonds is 11. The van der Waals surface area contributed by atoms with Gasteiger partial charge in [0.1, 0.15) is 12.4 Å². The van der Waals surface area contributed by atoms with Gasteiger partial charge in [-0.15, -0.1) is 0 Å². The molecular weight excluding hydrogens is 585 g/mol. The zero-order chi connectivity index (χ0) is 32.4. The van der Waals surface area contributed by atoms with Crippen LogP contribution in [0.5, 0.6) is 5.75 Å². The van der Waals surface area contributed by atoms with Gasteiger partial charge in [-0.05, 0) is 65.2 Å². The van der Waals surface area contributed by atoms with E-state index in [2.05, 4.69) is 108 Å². The highest BCUT2D eigenvalue weighted by Crippen LogP contribution is 2.46. The molecule has 4 atom stereocenters. The molecule has 3 aromatic carbocycles. The zero-order valence-corrected chi connectivity index (χ0v) is 30.3. The van der Waals surface area contributed by atoms with E-state index < -0.39 is 14.4 Å². The number of aliphatic hydroxyl groups excluding tert-OH is 1. The first-order valence-electron chi connectivity index (χ1n) is 17.1. The van der Waals surface area contributed by atoms with E-state index in [-0.39, 0.29) is 26.5 Å². The lowest BCUT2D eigenvalue weighted by atomic mass is 9.84. The molecule has 5 nitrogen and oxygen atoms in total. The first-order valence-corrected chi connectivity index (χ1v) is 19.3. The summed E-state index contributed by atoms with van der Waals surface area (Å²) in [6.45, 7) is 20.2. The lowest BCUT2D eigenvalue weighted by Gasteiger charge is -2.51. The van der Waals surface area contributed by atoms with Gasteiger partial charge < -0.3 is 19.0 Å². The largest absolute Gasteiger partial charge is 0.489 e. The van der Waals surface area contributed by atoms with Crippen LogP contribution < -0.4 is 4.74 Å². The van der Waals surface area contributed by atoms with Gasteiger partial charge in [0, 0.05) is 46.7 Å². The maximum Gasteiger partial charge on any atom is 0.200 e. The van der Waals surface area contributed by atoms with Crippen LogP contribution in [0, 0.1) is 0 Å². The van der Waals surface area contributed by atoms with Crippen LogP contribution >= 0.6 is 0 Å². The molecule has 249 valence electrons. The lowest BCUT2D eigenvalue weighted by molar-refractivity contribution is -0.0381. The van der Waals surface area contributed by atoms with E-state index in [1.807, 2.05) is 30.3 Å². The molecule has 5 rings (SSSR count). The number of hydrogen-bond acceptors (Lipinski definition) is 5. The maximum atomic E-state index is 11.8. The molecule has 0 unspecified atom stereocenters. The van der Waals surface area contributed by atoms with Crippen molar-refractivity contribution in [2.45, 2.75) is 109 Å². The Bertz CT molecular complexity index is 1220. The van der Waals surface area contributed by atoms with Gasteiger partial charge in [-0.25, -0.2) is 0 Å². The molecule has 2 saturated heterocycles. The van der Waals surface area contributed by atoms with Crippen molar-refractivity contribution in [3.63, 3.8) is 0 Å². The molecule has 3 aromatic rings. The molecule has 46 heavy (non-hydrogen) atoms. The second kappa shape index (κ2) is 18.2. The van der Waals surface area contributed by atoms with Gasteiger partial charge in [-0.1, -0.05) is 114 Å². The number of nitrogens with zero attached hydrogens (tertiary/aromatic N) is 1. The van der Waals surface area contributed by atoms with Gasteiger partial charge in [0.2, 0.25) is 8.32 Å². The van der Waals surface area contributed by atoms with Gasteiger partial charge in [0.25, 0.3) is 0 Å². The minimum atomic E-state index is -2.19. The highest BCUT2D eigenvalue weighted by Gasteiger charge is 2.50. The second-order valence-corrected chi connectivity index (χ2v) is 19.2. The van der Waals surface area contributed by atoms with Crippen LogP contribution in [0.15, 0.2) is 84.9 Å². The summed E-state index contributed by atoms with van der Waals surface area (Å²) in [5, 5.41) is 11.8. The average Bonchev–Trinajstić information content (AvgIpc) is 3.63. The summed E-state index contributed by atoms with van der Waals surface area (Å²) in [5.41, 5.74) is 4.96. The summed E-state index contributed by atoms with van der Waals surface area (Å²) in [6.07, 6.45) is 1.93. The molecule has 0 saturated carbocycles. The van der Waals surface area contributed by atoms with E-state index in [1.165, 1.54) is 18.4 Å². The van der Waals surface area contributed by atoms with Crippen molar-refractivity contribution in [2.24, 2.45) is 0 Å². The maximum absolute atomic E-state index is 11.8. The first kappa shape index (κ1) is 38.0. The predicted molar refractivity (Wildman–Crippen MR) is 194 cm³/mol. The predicted octanol–water partition coefficient (Wildman–Crippen LogP) is 8.76. The fourth-order valence-electron chi connectivity index (χ4n) is 7.53. The third-order valence-electron chi connectivity index (χ3n) is 9.88. The fourth-order valence-corrected chi connectivity index (χ4v) is 13.1. The van der Waals surface area contributed by atoms with Crippen LogP contribution in [0.3, 0.4) is 0 Å². The number of likely N-dealkylation sites (tertiary alicyclic amines) is 1. The Morgan fingerprint density at radius 3 is 1.80 bits per heavy atom. The molecule has 2 fully saturated rings. The van der Waals surface area contributed by atoms with Crippen LogP contribution in [0.1, 0.15) is 90.0 Å². The number of ether oxygens (including phenoxy) is 2. The zero-order valence-electron chi connectivity index (χ0n) is 29.3. The number of piperidine rings is 1. The molecule has 0 spiro atoms. The normalized spacial score (nSPS) is 21.1. The quantitative estimate of drug-likeness (QED) is 0.212. The SMILES string of the molecule is C1CCOC1.CC(C)[Si](O[C@@H]1CN([C@H](C)c2ccccc2)C[C@H](O)[C@H]1c1ccc(OCc2ccccc2)cc1)(C(C)C)C(C)C.[B]. The van der Waals surface area contributed by atoms with Crippen LogP contribution in [-0.4, -0.2) is 65.2 Å². The summed E-state index contributed by atoms with van der Waals surface area (Å²) >= 11 is 0. The van der Waals surface area contributed by atoms with Crippen molar-refractivity contribution in [3.8, 4) is 5.75 Å². The Morgan fingerprint density at radius 1 is 0.761 bits per heavy atom. The van der Waals surface area contributed by atoms with E-state index in [0.717, 1.165) is 36.6 Å². The monoisotopic (exact) mass is 642 g/mol. The van der Waals surface area contributed by atoms with Gasteiger partial charge >= 0.3 is 0 Å². The van der Waals surface area contributed by atoms with Crippen LogP contribution in [0.25, 0.3) is 0 Å². The van der Waals surface area contributed by atoms with Crippen LogP contribution in [0.2, 0.25) is 16.6 Å². The molecule has 2 aliphatic heterocycles. The van der Waals surface area contributed by atoms with Gasteiger partial charge in [-0.3, -0.25) is 4.90 Å². The summed E-state index contributed by atoms with van der Waals surface area (Å²) in [5.74, 6) is 0.746. The highest BCUT2D eigenvalue weighted by atomic mass is 28.4. The van der Waals surface area contributed by atoms with Gasteiger partial charge in [-0.2, -0.15) is 0 Å². The standard InChI is InChI=1S/C35H49NO3Si.C4H8O.B/c1-25(2)40(26(3)4,27(5)6)39-34-23-36(28(7)30-16-12-9-13-17-30)22-33(37)35(34)31-18-20-32(21-19-31)38-24-29-14-10-8-11-15-29;1-2-4-5-3-1;/h8-21,25-28,33-35,37H,22-24H2,1-7H3;1-4H2;/t28-,33+,34-,35-;;/m1../s1. The Balaban J connectivity index is 0.000000875. The number of aliphatic hydroxyl groups is 1. The van der Waals surface area contributed by atoms with Crippen molar-refractivity contribution in [2.75, 3.05) is 26.3 Å². The van der Waals surface area contributed by atoms with Crippen LogP contribution in [0.4, 0.5) is 0 Å². The number of β-amino-alcohol motifs (C(OH)–C–C–N with tert-alkyl or cyclic N) is 1. The smallest absolute Gasteiger partial charge is 0.200 e. The third kappa shape index (κ3) is 9.57. The summed E-state index contributed by atoms with van der Waals surface area (Å²) < 4.78 is 18.5. The summed E-state index contributed by atoms with van der Waals surface area (Å²) in [7, 11) is -2.19. The van der Waals surface area contributed by atoms with Crippen molar-refractivity contribution in [1.82, 2.24) is 4.90 Å². The first-order chi connectivity index (χ1) is 21.6. The van der Waals surface area contributed by atoms with Crippen molar-refractivity contribution >= 4 is 16.7 Å². The minimum absolute atomic E-state index is 0. The van der Waals surface area contributed by atoms with Crippen molar-refractivity contribution in [1.29, 1.82) is 0 Å². The molecular formula is C39H57BNO4Si. The topological polar surface area (TPSA) is 51.2 Å². The minimum Gasteiger partial charge on any atom is -0.489 e. The third-order valence-corrected chi connectivity index (χ3v) is 16.0. The number of hydrogen-bond donors (Lipinski definition) is 1. The Kier molecular flexibility index (Phi) is 15.1. The second-order valence-electron chi connectivity index (χ2n) is 13.8. The molecule has 7 heteroatoms. The summed E-state index contributed by atoms with van der Waals surface area (Å²) in [4.78, 5) is 2.42. The molecule has 3 radical (unpaired) electrons. The molecule has 1 N–H and O–H groups in total. The molecule has 0 bridgehead atoms. The summed E-state index contributed by atoms with van der Waals surface area (Å²) in [6, 6.07) is 29.4. The average molecular weight is 643 g/mol. The highest BCUT2D eigenvalue weighted by molar-refractivity contribution is 6.77. The molecule has 0 aromatic heterocycles. The van der Waals surface area contributed by atoms with Crippen molar-refractivity contribution in [3.05, 3.63) is 102 Å². The molecule has 0 amide bonds. The van der Waals surface area contributed by atoms with Gasteiger partial charge in [0.05, 0.1) is 12.2 Å². The molecule has 0 aliphatic carbocycles. The number of benzene rings is 3. The molecule has 2 heterocycles. The Hall–Kier alpha value is -2.42. The molecule has 2 aliphatic rings. The van der Waals surface area contributed by atoms with E-state index >= 15 is 0 Å². The Morgan fingerprint density at radius 2 is 1.30 bits per heavy atom. The van der Waals surface area contributed by atoms with Crippen molar-refractivity contribution < 1.29 is 19.0 Å². The van der Waals surface area contributed by atoms with Crippen LogP contribution in [-0.2, 0) is 15.8 Å². The van der Waals surface area contributed by atoms with E-state index in [9.17, 15) is 5.11 Å². The van der Waals surface area contributed by atoms with E-state index in [0.29, 0.717) is 29.8 Å². The van der Waals surface area contributed by atoms with E-state index in [1.54, 1.807) is 0 Å². The van der Waals surface area contributed by atoms with Gasteiger partial charge in [0.15, 0.2) is 0 Å². The Labute approximate surface area is 282 Å². The fraction of sp³-hybridized carbons (Fsp3) is 0.538. The lowest BCUT2D eigenvalue weighted by Crippen LogP contribution is -2.58.